The maximum Gasteiger partial charge on any atom is 0.255 e. The van der Waals surface area contributed by atoms with E-state index in [2.05, 4.69) is 24.3 Å². The van der Waals surface area contributed by atoms with Crippen molar-refractivity contribution in [2.75, 3.05) is 20.3 Å². The number of hydrogen-bond donors (Lipinski definition) is 1. The van der Waals surface area contributed by atoms with Gasteiger partial charge in [0.2, 0.25) is 0 Å². The highest BCUT2D eigenvalue weighted by atomic mass is 32.1. The van der Waals surface area contributed by atoms with Crippen molar-refractivity contribution in [3.05, 3.63) is 41.7 Å². The Labute approximate surface area is 152 Å². The molecule has 0 bridgehead atoms. The highest BCUT2D eigenvalue weighted by Crippen LogP contribution is 2.27. The number of methoxy groups -OCH3 is 1. The van der Waals surface area contributed by atoms with Gasteiger partial charge in [0, 0.05) is 5.41 Å². The first-order valence-electron chi connectivity index (χ1n) is 8.09. The Morgan fingerprint density at radius 2 is 2.12 bits per heavy atom. The summed E-state index contributed by atoms with van der Waals surface area (Å²) in [6.07, 6.45) is 0. The van der Waals surface area contributed by atoms with Crippen LogP contribution in [0.3, 0.4) is 0 Å². The first kappa shape index (κ1) is 17.7. The van der Waals surface area contributed by atoms with Crippen molar-refractivity contribution in [3.63, 3.8) is 0 Å². The summed E-state index contributed by atoms with van der Waals surface area (Å²) in [7, 11) is 1.64. The molecule has 1 fully saturated rings. The summed E-state index contributed by atoms with van der Waals surface area (Å²) in [4.78, 5) is 0.510. The van der Waals surface area contributed by atoms with Gasteiger partial charge in [0.05, 0.1) is 32.4 Å². The molecule has 1 aromatic carbocycles. The van der Waals surface area contributed by atoms with Crippen LogP contribution in [0.25, 0.3) is 0 Å². The second-order valence-corrected chi connectivity index (χ2v) is 7.10. The maximum absolute atomic E-state index is 5.65. The van der Waals surface area contributed by atoms with Crippen LogP contribution in [-0.2, 0) is 11.3 Å². The van der Waals surface area contributed by atoms with E-state index in [4.69, 9.17) is 31.0 Å². The van der Waals surface area contributed by atoms with E-state index in [9.17, 15) is 0 Å². The predicted molar refractivity (Wildman–Crippen MR) is 97.1 cm³/mol. The fourth-order valence-corrected chi connectivity index (χ4v) is 2.78. The fourth-order valence-electron chi connectivity index (χ4n) is 2.55. The first-order valence-corrected chi connectivity index (χ1v) is 8.50. The Morgan fingerprint density at radius 3 is 2.76 bits per heavy atom. The molecular formula is C18H22N2O4S. The lowest BCUT2D eigenvalue weighted by Gasteiger charge is -2.25. The molecule has 1 N–H and O–H groups in total. The summed E-state index contributed by atoms with van der Waals surface area (Å²) in [6.45, 7) is 6.01. The zero-order valence-electron chi connectivity index (χ0n) is 14.6. The third-order valence-electron chi connectivity index (χ3n) is 4.27. The summed E-state index contributed by atoms with van der Waals surface area (Å²) < 4.78 is 21.6. The molecule has 2 heterocycles. The van der Waals surface area contributed by atoms with E-state index >= 15 is 0 Å². The standard InChI is InChI=1S/C18H22N2O4S/c1-18(2)11-22-10-15(18)19-17(25)14-8-16(20-24-14)23-9-12-4-6-13(21-3)7-5-12/h4-8,15H,9-11H2,1-3H3,(H,19,25)/t15-/m0/s1. The molecule has 1 aliphatic heterocycles. The highest BCUT2D eigenvalue weighted by molar-refractivity contribution is 7.80. The molecule has 1 saturated heterocycles. The topological polar surface area (TPSA) is 65.8 Å². The van der Waals surface area contributed by atoms with Gasteiger partial charge >= 0.3 is 0 Å². The van der Waals surface area contributed by atoms with Gasteiger partial charge in [0.25, 0.3) is 5.88 Å². The van der Waals surface area contributed by atoms with Crippen LogP contribution < -0.4 is 14.8 Å². The largest absolute Gasteiger partial charge is 0.497 e. The molecule has 0 aliphatic carbocycles. The monoisotopic (exact) mass is 362 g/mol. The van der Waals surface area contributed by atoms with E-state index in [1.165, 1.54) is 0 Å². The van der Waals surface area contributed by atoms with Crippen LogP contribution in [-0.4, -0.2) is 36.5 Å². The maximum atomic E-state index is 5.65. The quantitative estimate of drug-likeness (QED) is 0.793. The number of aromatic nitrogens is 1. The fraction of sp³-hybridized carbons (Fsp3) is 0.444. The molecule has 1 atom stereocenters. The number of hydrogen-bond acceptors (Lipinski definition) is 6. The lowest BCUT2D eigenvalue weighted by Crippen LogP contribution is -2.43. The predicted octanol–water partition coefficient (Wildman–Crippen LogP) is 2.95. The van der Waals surface area contributed by atoms with Gasteiger partial charge in [0.15, 0.2) is 5.76 Å². The molecule has 7 heteroatoms. The van der Waals surface area contributed by atoms with Crippen LogP contribution in [0.2, 0.25) is 0 Å². The van der Waals surface area contributed by atoms with Crippen LogP contribution in [0, 0.1) is 5.41 Å². The SMILES string of the molecule is COc1ccc(COc2cc(C(=S)N[C@H]3COCC3(C)C)on2)cc1. The lowest BCUT2D eigenvalue weighted by molar-refractivity contribution is 0.166. The minimum Gasteiger partial charge on any atom is -0.497 e. The van der Waals surface area contributed by atoms with Gasteiger partial charge in [-0.05, 0) is 22.9 Å². The number of ether oxygens (including phenoxy) is 3. The molecule has 3 rings (SSSR count). The molecule has 6 nitrogen and oxygen atoms in total. The molecule has 0 saturated carbocycles. The van der Waals surface area contributed by atoms with Gasteiger partial charge < -0.3 is 24.1 Å². The van der Waals surface area contributed by atoms with E-state index in [0.717, 1.165) is 11.3 Å². The Balaban J connectivity index is 1.55. The number of nitrogens with zero attached hydrogens (tertiary/aromatic N) is 1. The minimum atomic E-state index is 0.0256. The molecule has 0 spiro atoms. The second kappa shape index (κ2) is 7.41. The lowest BCUT2D eigenvalue weighted by atomic mass is 9.88. The zero-order valence-corrected chi connectivity index (χ0v) is 15.4. The number of thiocarbonyl (C=S) groups is 1. The van der Waals surface area contributed by atoms with E-state index in [1.54, 1.807) is 13.2 Å². The zero-order chi connectivity index (χ0) is 17.9. The first-order chi connectivity index (χ1) is 12.0. The van der Waals surface area contributed by atoms with Crippen molar-refractivity contribution < 1.29 is 18.7 Å². The van der Waals surface area contributed by atoms with Crippen LogP contribution in [0.1, 0.15) is 25.2 Å². The van der Waals surface area contributed by atoms with E-state index in [-0.39, 0.29) is 11.5 Å². The molecule has 0 radical (unpaired) electrons. The van der Waals surface area contributed by atoms with Crippen LogP contribution >= 0.6 is 12.2 Å². The van der Waals surface area contributed by atoms with E-state index in [1.807, 2.05) is 24.3 Å². The van der Waals surface area contributed by atoms with Crippen molar-refractivity contribution in [2.24, 2.45) is 5.41 Å². The molecule has 1 aliphatic rings. The van der Waals surface area contributed by atoms with Gasteiger partial charge in [-0.15, -0.1) is 0 Å². The molecule has 1 aromatic heterocycles. The Bertz CT molecular complexity index is 727. The van der Waals surface area contributed by atoms with Crippen LogP contribution in [0.4, 0.5) is 0 Å². The van der Waals surface area contributed by atoms with Crippen molar-refractivity contribution in [2.45, 2.75) is 26.5 Å². The Hall–Kier alpha value is -2.12. The molecule has 0 unspecified atom stereocenters. The van der Waals surface area contributed by atoms with E-state index in [0.29, 0.717) is 36.4 Å². The summed E-state index contributed by atoms with van der Waals surface area (Å²) >= 11 is 5.41. The third-order valence-corrected chi connectivity index (χ3v) is 4.58. The van der Waals surface area contributed by atoms with Crippen LogP contribution in [0.15, 0.2) is 34.9 Å². The molecule has 25 heavy (non-hydrogen) atoms. The van der Waals surface area contributed by atoms with Gasteiger partial charge in [-0.25, -0.2) is 0 Å². The molecule has 134 valence electrons. The number of benzene rings is 1. The Morgan fingerprint density at radius 1 is 1.36 bits per heavy atom. The summed E-state index contributed by atoms with van der Waals surface area (Å²) in [5, 5.41) is 7.20. The van der Waals surface area contributed by atoms with Crippen molar-refractivity contribution in [1.82, 2.24) is 10.5 Å². The van der Waals surface area contributed by atoms with Gasteiger partial charge in [-0.2, -0.15) is 0 Å². The average molecular weight is 362 g/mol. The second-order valence-electron chi connectivity index (χ2n) is 6.70. The normalized spacial score (nSPS) is 18.8. The summed E-state index contributed by atoms with van der Waals surface area (Å²) in [6, 6.07) is 9.49. The minimum absolute atomic E-state index is 0.0256. The summed E-state index contributed by atoms with van der Waals surface area (Å²) in [5.41, 5.74) is 1.04. The Kier molecular flexibility index (Phi) is 5.24. The van der Waals surface area contributed by atoms with Gasteiger partial charge in [-0.1, -0.05) is 38.2 Å². The molecule has 0 amide bonds. The summed E-state index contributed by atoms with van der Waals surface area (Å²) in [5.74, 6) is 1.70. The van der Waals surface area contributed by atoms with Crippen molar-refractivity contribution in [3.8, 4) is 11.6 Å². The van der Waals surface area contributed by atoms with Crippen molar-refractivity contribution in [1.29, 1.82) is 0 Å². The van der Waals surface area contributed by atoms with Crippen LogP contribution in [0.5, 0.6) is 11.6 Å². The highest BCUT2D eigenvalue weighted by Gasteiger charge is 2.36. The third kappa shape index (κ3) is 4.29. The molecular weight excluding hydrogens is 340 g/mol. The number of nitrogens with one attached hydrogen (secondary N) is 1. The number of rotatable bonds is 6. The van der Waals surface area contributed by atoms with Crippen molar-refractivity contribution >= 4 is 17.2 Å². The van der Waals surface area contributed by atoms with Gasteiger partial charge in [-0.3, -0.25) is 0 Å². The van der Waals surface area contributed by atoms with E-state index < -0.39 is 0 Å². The smallest absolute Gasteiger partial charge is 0.255 e. The molecule has 2 aromatic rings. The van der Waals surface area contributed by atoms with Gasteiger partial charge in [0.1, 0.15) is 17.3 Å². The average Bonchev–Trinajstić information content (AvgIpc) is 3.20.